The van der Waals surface area contributed by atoms with Gasteiger partial charge in [0.25, 0.3) is 0 Å². The number of hydrogen-bond acceptors (Lipinski definition) is 0. The highest BCUT2D eigenvalue weighted by molar-refractivity contribution is 4.52. The number of unbranched alkanes of at least 4 members (excludes halogenated alkanes) is 4. The van der Waals surface area contributed by atoms with Crippen molar-refractivity contribution in [1.82, 2.24) is 0 Å². The minimum atomic E-state index is 0.898. The Hall–Kier alpha value is 0. The number of rotatable bonds is 9. The molecule has 0 fully saturated rings. The van der Waals surface area contributed by atoms with E-state index in [-0.39, 0.29) is 0 Å². The van der Waals surface area contributed by atoms with E-state index in [0.717, 1.165) is 11.8 Å². The molecule has 0 bridgehead atoms. The fourth-order valence-electron chi connectivity index (χ4n) is 1.78. The summed E-state index contributed by atoms with van der Waals surface area (Å²) in [6.45, 7) is 9.32. The van der Waals surface area contributed by atoms with Crippen LogP contribution in [0.4, 0.5) is 0 Å². The van der Waals surface area contributed by atoms with Crippen molar-refractivity contribution >= 4 is 0 Å². The summed E-state index contributed by atoms with van der Waals surface area (Å²) in [5, 5.41) is 0. The zero-order chi connectivity index (χ0) is 10.8. The third kappa shape index (κ3) is 10.1. The highest BCUT2D eigenvalue weighted by atomic mass is 14.0. The van der Waals surface area contributed by atoms with Crippen molar-refractivity contribution in [2.45, 2.75) is 79.1 Å². The van der Waals surface area contributed by atoms with Crippen molar-refractivity contribution in [1.29, 1.82) is 0 Å². The van der Waals surface area contributed by atoms with E-state index in [2.05, 4.69) is 27.7 Å². The molecule has 0 aromatic heterocycles. The molecule has 0 amide bonds. The third-order valence-electron chi connectivity index (χ3n) is 3.18. The van der Waals surface area contributed by atoms with Crippen LogP contribution in [-0.4, -0.2) is 0 Å². The molecule has 0 heteroatoms. The van der Waals surface area contributed by atoms with Crippen molar-refractivity contribution in [3.05, 3.63) is 0 Å². The van der Waals surface area contributed by atoms with Crippen LogP contribution in [0.1, 0.15) is 79.1 Å². The molecule has 0 radical (unpaired) electrons. The minimum Gasteiger partial charge on any atom is -0.0651 e. The van der Waals surface area contributed by atoms with Crippen LogP contribution < -0.4 is 0 Å². The monoisotopic (exact) mass is 198 g/mol. The predicted octanol–water partition coefficient (Wildman–Crippen LogP) is 5.42. The molecule has 0 nitrogen and oxygen atoms in total. The summed E-state index contributed by atoms with van der Waals surface area (Å²) in [5.41, 5.74) is 0. The maximum Gasteiger partial charge on any atom is -0.0445 e. The van der Waals surface area contributed by atoms with Gasteiger partial charge in [-0.25, -0.2) is 0 Å². The molecule has 0 aromatic rings. The van der Waals surface area contributed by atoms with Gasteiger partial charge in [0, 0.05) is 0 Å². The van der Waals surface area contributed by atoms with Crippen LogP contribution in [0.2, 0.25) is 0 Å². The molecule has 0 saturated heterocycles. The highest BCUT2D eigenvalue weighted by Crippen LogP contribution is 2.15. The van der Waals surface area contributed by atoms with Crippen molar-refractivity contribution in [2.24, 2.45) is 11.8 Å². The van der Waals surface area contributed by atoms with E-state index < -0.39 is 0 Å². The summed E-state index contributed by atoms with van der Waals surface area (Å²) < 4.78 is 0. The average Bonchev–Trinajstić information content (AvgIpc) is 2.15. The summed E-state index contributed by atoms with van der Waals surface area (Å²) in [4.78, 5) is 0. The molecular weight excluding hydrogens is 168 g/mol. The fraction of sp³-hybridized carbons (Fsp3) is 1.00. The van der Waals surface area contributed by atoms with Gasteiger partial charge in [0.1, 0.15) is 0 Å². The Morgan fingerprint density at radius 2 is 1.21 bits per heavy atom. The summed E-state index contributed by atoms with van der Waals surface area (Å²) in [6.07, 6.45) is 11.5. The lowest BCUT2D eigenvalue weighted by molar-refractivity contribution is 0.463. The molecule has 0 aliphatic heterocycles. The first kappa shape index (κ1) is 14.0. The van der Waals surface area contributed by atoms with Crippen LogP contribution in [0.15, 0.2) is 0 Å². The highest BCUT2D eigenvalue weighted by Gasteiger charge is 1.98. The average molecular weight is 198 g/mol. The van der Waals surface area contributed by atoms with E-state index in [0.29, 0.717) is 0 Å². The van der Waals surface area contributed by atoms with Crippen molar-refractivity contribution in [3.8, 4) is 0 Å². The first-order valence-corrected chi connectivity index (χ1v) is 6.66. The predicted molar refractivity (Wildman–Crippen MR) is 66.6 cm³/mol. The summed E-state index contributed by atoms with van der Waals surface area (Å²) in [7, 11) is 0. The first-order chi connectivity index (χ1) is 6.66. The smallest absolute Gasteiger partial charge is 0.0445 e. The summed E-state index contributed by atoms with van der Waals surface area (Å²) in [5.74, 6) is 1.85. The van der Waals surface area contributed by atoms with Gasteiger partial charge in [-0.3, -0.25) is 0 Å². The number of hydrogen-bond donors (Lipinski definition) is 0. The molecule has 86 valence electrons. The normalized spacial score (nSPS) is 13.5. The van der Waals surface area contributed by atoms with E-state index >= 15 is 0 Å². The second-order valence-electron chi connectivity index (χ2n) is 5.25. The Morgan fingerprint density at radius 3 is 1.71 bits per heavy atom. The molecule has 0 aliphatic rings. The Bertz CT molecular complexity index is 105. The molecular formula is C14H30. The Balaban J connectivity index is 2.99. The van der Waals surface area contributed by atoms with Gasteiger partial charge in [-0.2, -0.15) is 0 Å². The Kier molecular flexibility index (Phi) is 9.55. The van der Waals surface area contributed by atoms with Crippen LogP contribution in [0.3, 0.4) is 0 Å². The van der Waals surface area contributed by atoms with Gasteiger partial charge in [0.15, 0.2) is 0 Å². The fourth-order valence-corrected chi connectivity index (χ4v) is 1.78. The van der Waals surface area contributed by atoms with E-state index in [9.17, 15) is 0 Å². The van der Waals surface area contributed by atoms with Crippen LogP contribution in [0.25, 0.3) is 0 Å². The SMILES string of the molecule is CCC(C)CCCCCCCC(C)C. The van der Waals surface area contributed by atoms with E-state index in [1.807, 2.05) is 0 Å². The van der Waals surface area contributed by atoms with Crippen molar-refractivity contribution < 1.29 is 0 Å². The molecule has 0 heterocycles. The van der Waals surface area contributed by atoms with Crippen LogP contribution >= 0.6 is 0 Å². The largest absolute Gasteiger partial charge is 0.0651 e. The molecule has 0 rings (SSSR count). The first-order valence-electron chi connectivity index (χ1n) is 6.66. The quantitative estimate of drug-likeness (QED) is 0.434. The maximum atomic E-state index is 2.37. The lowest BCUT2D eigenvalue weighted by Gasteiger charge is -2.07. The Labute approximate surface area is 91.5 Å². The van der Waals surface area contributed by atoms with Crippen LogP contribution in [0.5, 0.6) is 0 Å². The van der Waals surface area contributed by atoms with Gasteiger partial charge < -0.3 is 0 Å². The van der Waals surface area contributed by atoms with Gasteiger partial charge in [-0.15, -0.1) is 0 Å². The van der Waals surface area contributed by atoms with Crippen molar-refractivity contribution in [2.75, 3.05) is 0 Å². The zero-order valence-corrected chi connectivity index (χ0v) is 10.8. The minimum absolute atomic E-state index is 0.898. The maximum absolute atomic E-state index is 2.37. The molecule has 0 aromatic carbocycles. The van der Waals surface area contributed by atoms with Gasteiger partial charge in [-0.05, 0) is 11.8 Å². The van der Waals surface area contributed by atoms with Crippen LogP contribution in [-0.2, 0) is 0 Å². The topological polar surface area (TPSA) is 0 Å². The third-order valence-corrected chi connectivity index (χ3v) is 3.18. The van der Waals surface area contributed by atoms with E-state index in [1.165, 1.54) is 51.4 Å². The molecule has 0 spiro atoms. The van der Waals surface area contributed by atoms with Gasteiger partial charge in [0.05, 0.1) is 0 Å². The molecule has 1 unspecified atom stereocenters. The second kappa shape index (κ2) is 9.55. The van der Waals surface area contributed by atoms with E-state index in [4.69, 9.17) is 0 Å². The lowest BCUT2D eigenvalue weighted by atomic mass is 9.99. The second-order valence-corrected chi connectivity index (χ2v) is 5.25. The summed E-state index contributed by atoms with van der Waals surface area (Å²) >= 11 is 0. The molecule has 0 aliphatic carbocycles. The lowest BCUT2D eigenvalue weighted by Crippen LogP contribution is -1.92. The Morgan fingerprint density at radius 1 is 0.714 bits per heavy atom. The molecule has 1 atom stereocenters. The molecule has 0 N–H and O–H groups in total. The van der Waals surface area contributed by atoms with Gasteiger partial charge >= 0.3 is 0 Å². The van der Waals surface area contributed by atoms with E-state index in [1.54, 1.807) is 0 Å². The van der Waals surface area contributed by atoms with Crippen LogP contribution in [0, 0.1) is 11.8 Å². The standard InChI is InChI=1S/C14H30/c1-5-14(4)12-10-8-6-7-9-11-13(2)3/h13-14H,5-12H2,1-4H3. The summed E-state index contributed by atoms with van der Waals surface area (Å²) in [6, 6.07) is 0. The molecule has 0 saturated carbocycles. The zero-order valence-electron chi connectivity index (χ0n) is 10.8. The molecule has 14 heavy (non-hydrogen) atoms. The van der Waals surface area contributed by atoms with Crippen molar-refractivity contribution in [3.63, 3.8) is 0 Å². The van der Waals surface area contributed by atoms with Gasteiger partial charge in [-0.1, -0.05) is 79.1 Å². The van der Waals surface area contributed by atoms with Gasteiger partial charge in [0.2, 0.25) is 0 Å².